The summed E-state index contributed by atoms with van der Waals surface area (Å²) in [5.41, 5.74) is 0.00405. The highest BCUT2D eigenvalue weighted by molar-refractivity contribution is 5.80. The Balaban J connectivity index is 2.64. The maximum atomic E-state index is 11.1. The number of likely N-dealkylation sites (tertiary alicyclic amines) is 1. The van der Waals surface area contributed by atoms with Gasteiger partial charge in [0.25, 0.3) is 0 Å². The SMILES string of the molecule is CC(C)(C)N1C[CH]CC1=O. The lowest BCUT2D eigenvalue weighted by Crippen LogP contribution is -2.41. The van der Waals surface area contributed by atoms with Gasteiger partial charge in [-0.15, -0.1) is 0 Å². The summed E-state index contributed by atoms with van der Waals surface area (Å²) in [6.07, 6.45) is 2.64. The molecular weight excluding hydrogens is 126 g/mol. The van der Waals surface area contributed by atoms with Gasteiger partial charge in [-0.2, -0.15) is 0 Å². The minimum absolute atomic E-state index is 0.00405. The molecule has 0 aromatic carbocycles. The van der Waals surface area contributed by atoms with Gasteiger partial charge in [0.2, 0.25) is 5.91 Å². The van der Waals surface area contributed by atoms with Crippen LogP contribution in [0.1, 0.15) is 27.2 Å². The van der Waals surface area contributed by atoms with Crippen molar-refractivity contribution in [3.8, 4) is 0 Å². The zero-order valence-electron chi connectivity index (χ0n) is 6.85. The Morgan fingerprint density at radius 3 is 2.30 bits per heavy atom. The smallest absolute Gasteiger partial charge is 0.223 e. The zero-order valence-corrected chi connectivity index (χ0v) is 6.85. The maximum Gasteiger partial charge on any atom is 0.223 e. The predicted octanol–water partition coefficient (Wildman–Crippen LogP) is 1.22. The first-order valence-electron chi connectivity index (χ1n) is 3.64. The second-order valence-electron chi connectivity index (χ2n) is 3.67. The first kappa shape index (κ1) is 7.58. The third kappa shape index (κ3) is 1.31. The van der Waals surface area contributed by atoms with Crippen LogP contribution in [0.15, 0.2) is 0 Å². The predicted molar refractivity (Wildman–Crippen MR) is 40.4 cm³/mol. The Bertz CT molecular complexity index is 146. The fourth-order valence-electron chi connectivity index (χ4n) is 1.18. The van der Waals surface area contributed by atoms with Crippen LogP contribution in [0.3, 0.4) is 0 Å². The van der Waals surface area contributed by atoms with Gasteiger partial charge in [-0.25, -0.2) is 0 Å². The summed E-state index contributed by atoms with van der Waals surface area (Å²) in [5.74, 6) is 0.257. The van der Waals surface area contributed by atoms with E-state index < -0.39 is 0 Å². The third-order valence-electron chi connectivity index (χ3n) is 1.74. The molecule has 0 bridgehead atoms. The van der Waals surface area contributed by atoms with Crippen molar-refractivity contribution in [2.45, 2.75) is 32.7 Å². The van der Waals surface area contributed by atoms with Crippen LogP contribution >= 0.6 is 0 Å². The van der Waals surface area contributed by atoms with Gasteiger partial charge in [0.1, 0.15) is 0 Å². The highest BCUT2D eigenvalue weighted by Crippen LogP contribution is 2.20. The molecule has 1 fully saturated rings. The monoisotopic (exact) mass is 140 g/mol. The van der Waals surface area contributed by atoms with Crippen LogP contribution in [0.4, 0.5) is 0 Å². The lowest BCUT2D eigenvalue weighted by Gasteiger charge is -2.31. The second kappa shape index (κ2) is 2.26. The van der Waals surface area contributed by atoms with E-state index >= 15 is 0 Å². The Morgan fingerprint density at radius 1 is 1.50 bits per heavy atom. The van der Waals surface area contributed by atoms with E-state index in [9.17, 15) is 4.79 Å². The van der Waals surface area contributed by atoms with E-state index in [-0.39, 0.29) is 11.4 Å². The minimum Gasteiger partial charge on any atom is -0.338 e. The number of rotatable bonds is 0. The lowest BCUT2D eigenvalue weighted by molar-refractivity contribution is -0.131. The number of carbonyl (C=O) groups excluding carboxylic acids is 1. The molecule has 2 heteroatoms. The van der Waals surface area contributed by atoms with E-state index in [2.05, 4.69) is 20.8 Å². The zero-order chi connectivity index (χ0) is 7.78. The van der Waals surface area contributed by atoms with Crippen LogP contribution in [-0.4, -0.2) is 22.9 Å². The largest absolute Gasteiger partial charge is 0.338 e. The Morgan fingerprint density at radius 2 is 2.10 bits per heavy atom. The van der Waals surface area contributed by atoms with Gasteiger partial charge in [-0.05, 0) is 27.2 Å². The fourth-order valence-corrected chi connectivity index (χ4v) is 1.18. The second-order valence-corrected chi connectivity index (χ2v) is 3.67. The highest BCUT2D eigenvalue weighted by Gasteiger charge is 2.29. The molecule has 1 radical (unpaired) electrons. The summed E-state index contributed by atoms with van der Waals surface area (Å²) in [4.78, 5) is 13.0. The van der Waals surface area contributed by atoms with E-state index in [1.165, 1.54) is 0 Å². The Kier molecular flexibility index (Phi) is 1.71. The van der Waals surface area contributed by atoms with Crippen molar-refractivity contribution >= 4 is 5.91 Å². The van der Waals surface area contributed by atoms with Gasteiger partial charge in [-0.3, -0.25) is 4.79 Å². The summed E-state index contributed by atoms with van der Waals surface area (Å²) in [6.45, 7) is 7.00. The van der Waals surface area contributed by atoms with Gasteiger partial charge in [0.05, 0.1) is 0 Å². The first-order chi connectivity index (χ1) is 4.52. The van der Waals surface area contributed by atoms with Crippen LogP contribution in [-0.2, 0) is 4.79 Å². The van der Waals surface area contributed by atoms with Crippen molar-refractivity contribution in [3.05, 3.63) is 6.42 Å². The number of nitrogens with zero attached hydrogens (tertiary/aromatic N) is 1. The third-order valence-corrected chi connectivity index (χ3v) is 1.74. The molecule has 0 unspecified atom stereocenters. The first-order valence-corrected chi connectivity index (χ1v) is 3.64. The molecule has 1 amide bonds. The molecule has 0 atom stereocenters. The summed E-state index contributed by atoms with van der Waals surface area (Å²) >= 11 is 0. The average Bonchev–Trinajstić information content (AvgIpc) is 2.11. The molecule has 1 aliphatic heterocycles. The van der Waals surface area contributed by atoms with E-state index in [1.54, 1.807) is 0 Å². The number of carbonyl (C=O) groups is 1. The van der Waals surface area contributed by atoms with Gasteiger partial charge in [0.15, 0.2) is 0 Å². The fraction of sp³-hybridized carbons (Fsp3) is 0.750. The lowest BCUT2D eigenvalue weighted by atomic mass is 10.1. The summed E-state index contributed by atoms with van der Waals surface area (Å²) < 4.78 is 0. The highest BCUT2D eigenvalue weighted by atomic mass is 16.2. The van der Waals surface area contributed by atoms with E-state index in [4.69, 9.17) is 0 Å². The molecule has 0 spiro atoms. The molecule has 0 saturated carbocycles. The van der Waals surface area contributed by atoms with Crippen molar-refractivity contribution in [2.24, 2.45) is 0 Å². The van der Waals surface area contributed by atoms with E-state index in [0.29, 0.717) is 6.42 Å². The molecule has 0 N–H and O–H groups in total. The quantitative estimate of drug-likeness (QED) is 0.495. The van der Waals surface area contributed by atoms with Gasteiger partial charge < -0.3 is 4.90 Å². The summed E-state index contributed by atoms with van der Waals surface area (Å²) in [7, 11) is 0. The van der Waals surface area contributed by atoms with Crippen molar-refractivity contribution in [1.29, 1.82) is 0 Å². The Labute approximate surface area is 62.2 Å². The number of hydrogen-bond acceptors (Lipinski definition) is 1. The Hall–Kier alpha value is -0.530. The molecule has 1 saturated heterocycles. The molecule has 57 valence electrons. The van der Waals surface area contributed by atoms with E-state index in [1.807, 2.05) is 11.3 Å². The van der Waals surface area contributed by atoms with Crippen LogP contribution in [0.2, 0.25) is 0 Å². The molecule has 10 heavy (non-hydrogen) atoms. The van der Waals surface area contributed by atoms with Crippen molar-refractivity contribution in [1.82, 2.24) is 4.90 Å². The maximum absolute atomic E-state index is 11.1. The van der Waals surface area contributed by atoms with Gasteiger partial charge in [0, 0.05) is 18.5 Å². The molecule has 0 aliphatic carbocycles. The molecule has 0 aromatic heterocycles. The molecule has 1 heterocycles. The molecule has 0 aromatic rings. The summed E-state index contributed by atoms with van der Waals surface area (Å²) in [6, 6.07) is 0. The van der Waals surface area contributed by atoms with Gasteiger partial charge in [-0.1, -0.05) is 0 Å². The van der Waals surface area contributed by atoms with Crippen LogP contribution in [0.5, 0.6) is 0 Å². The van der Waals surface area contributed by atoms with Crippen molar-refractivity contribution in [2.75, 3.05) is 6.54 Å². The van der Waals surface area contributed by atoms with Crippen molar-refractivity contribution in [3.63, 3.8) is 0 Å². The normalized spacial score (nSPS) is 20.3. The van der Waals surface area contributed by atoms with Crippen LogP contribution in [0, 0.1) is 6.42 Å². The molecule has 2 nitrogen and oxygen atoms in total. The number of amides is 1. The van der Waals surface area contributed by atoms with Crippen molar-refractivity contribution < 1.29 is 4.79 Å². The minimum atomic E-state index is 0.00405. The van der Waals surface area contributed by atoms with Crippen LogP contribution < -0.4 is 0 Å². The molecule has 1 aliphatic rings. The molecular formula is C8H14NO. The molecule has 1 rings (SSSR count). The number of hydrogen-bond donors (Lipinski definition) is 0. The average molecular weight is 140 g/mol. The topological polar surface area (TPSA) is 20.3 Å². The van der Waals surface area contributed by atoms with Crippen LogP contribution in [0.25, 0.3) is 0 Å². The summed E-state index contributed by atoms with van der Waals surface area (Å²) in [5, 5.41) is 0. The standard InChI is InChI=1S/C8H14NO/c1-8(2,3)9-6-4-5-7(9)10/h4H,5-6H2,1-3H3. The van der Waals surface area contributed by atoms with Gasteiger partial charge >= 0.3 is 0 Å². The van der Waals surface area contributed by atoms with E-state index in [0.717, 1.165) is 6.54 Å².